The van der Waals surface area contributed by atoms with E-state index >= 15 is 0 Å². The second-order valence-corrected chi connectivity index (χ2v) is 7.84. The Morgan fingerprint density at radius 1 is 0.867 bits per heavy atom. The average Bonchev–Trinajstić information content (AvgIpc) is 3.24. The number of rotatable bonds is 3. The molecule has 0 amide bonds. The number of aromatic nitrogens is 2. The van der Waals surface area contributed by atoms with Crippen molar-refractivity contribution in [3.8, 4) is 17.0 Å². The van der Waals surface area contributed by atoms with Crippen molar-refractivity contribution in [2.24, 2.45) is 7.05 Å². The summed E-state index contributed by atoms with van der Waals surface area (Å²) in [6.07, 6.45) is 2.17. The van der Waals surface area contributed by atoms with E-state index in [9.17, 15) is 5.11 Å². The van der Waals surface area contributed by atoms with E-state index in [0.29, 0.717) is 0 Å². The molecule has 3 aromatic carbocycles. The van der Waals surface area contributed by atoms with Crippen LogP contribution in [0.1, 0.15) is 5.56 Å². The molecule has 5 aromatic rings. The highest BCUT2D eigenvalue weighted by Gasteiger charge is 2.21. The Morgan fingerprint density at radius 2 is 1.60 bits per heavy atom. The molecule has 0 bridgehead atoms. The molecule has 0 aliphatic rings. The Hall–Kier alpha value is -3.79. The maximum absolute atomic E-state index is 12.1. The summed E-state index contributed by atoms with van der Waals surface area (Å²) in [6.45, 7) is 0. The summed E-state index contributed by atoms with van der Waals surface area (Å²) in [5, 5.41) is 14.2. The largest absolute Gasteiger partial charge is 0.872 e. The molecule has 0 spiro atoms. The molecule has 0 atom stereocenters. The highest BCUT2D eigenvalue weighted by atomic mass is 16.3. The Balaban J connectivity index is 1.81. The van der Waals surface area contributed by atoms with Crippen LogP contribution in [0.5, 0.6) is 5.75 Å². The van der Waals surface area contributed by atoms with E-state index in [1.165, 1.54) is 5.56 Å². The van der Waals surface area contributed by atoms with E-state index in [0.717, 1.165) is 38.6 Å². The first-order valence-corrected chi connectivity index (χ1v) is 10.0. The number of anilines is 1. The van der Waals surface area contributed by atoms with Crippen molar-refractivity contribution in [3.63, 3.8) is 0 Å². The summed E-state index contributed by atoms with van der Waals surface area (Å²) in [5.74, 6) is 0.0271. The van der Waals surface area contributed by atoms with Crippen LogP contribution in [0.4, 0.5) is 5.69 Å². The van der Waals surface area contributed by atoms with Crippen LogP contribution >= 0.6 is 0 Å². The molecular weight excluding hydrogens is 370 g/mol. The maximum atomic E-state index is 12.1. The van der Waals surface area contributed by atoms with Crippen molar-refractivity contribution in [3.05, 3.63) is 89.6 Å². The summed E-state index contributed by atoms with van der Waals surface area (Å²) in [4.78, 5) is 2.09. The molecule has 4 heteroatoms. The lowest BCUT2D eigenvalue weighted by Crippen LogP contribution is -2.36. The van der Waals surface area contributed by atoms with Crippen LogP contribution in [-0.4, -0.2) is 18.6 Å². The molecule has 0 saturated heterocycles. The molecule has 4 nitrogen and oxygen atoms in total. The molecular formula is C26H23N3O. The molecule has 0 unspecified atom stereocenters. The van der Waals surface area contributed by atoms with Gasteiger partial charge < -0.3 is 10.0 Å². The molecule has 0 radical (unpaired) electrons. The molecule has 0 aliphatic heterocycles. The molecule has 0 fully saturated rings. The average molecular weight is 393 g/mol. The summed E-state index contributed by atoms with van der Waals surface area (Å²) in [7, 11) is 6.14. The molecule has 0 N–H and O–H groups in total. The van der Waals surface area contributed by atoms with Crippen LogP contribution < -0.4 is 19.9 Å². The molecule has 2 aromatic heterocycles. The second kappa shape index (κ2) is 6.92. The second-order valence-electron chi connectivity index (χ2n) is 7.84. The topological polar surface area (TPSA) is 34.6 Å². The SMILES string of the molecule is CN(C)c1ccc(/C=c2/c3cc([O-])ccc3n3c2cc(-c2ccccc2)[n+]3C)cc1. The Morgan fingerprint density at radius 3 is 2.30 bits per heavy atom. The number of benzene rings is 3. The van der Waals surface area contributed by atoms with Crippen LogP contribution in [-0.2, 0) is 7.05 Å². The Bertz CT molecular complexity index is 1410. The van der Waals surface area contributed by atoms with Crippen molar-refractivity contribution in [1.29, 1.82) is 0 Å². The van der Waals surface area contributed by atoms with Gasteiger partial charge in [-0.1, -0.05) is 42.5 Å². The summed E-state index contributed by atoms with van der Waals surface area (Å²) in [6, 6.07) is 26.3. The van der Waals surface area contributed by atoms with Crippen molar-refractivity contribution in [2.75, 3.05) is 19.0 Å². The minimum Gasteiger partial charge on any atom is -0.872 e. The zero-order chi connectivity index (χ0) is 20.8. The summed E-state index contributed by atoms with van der Waals surface area (Å²) in [5.41, 5.74) is 6.69. The summed E-state index contributed by atoms with van der Waals surface area (Å²) >= 11 is 0. The van der Waals surface area contributed by atoms with Gasteiger partial charge in [0.1, 0.15) is 11.0 Å². The monoisotopic (exact) mass is 393 g/mol. The minimum absolute atomic E-state index is 0.0271. The van der Waals surface area contributed by atoms with Crippen LogP contribution in [0.15, 0.2) is 78.9 Å². The highest BCUT2D eigenvalue weighted by molar-refractivity contribution is 5.91. The first-order valence-electron chi connectivity index (χ1n) is 10.0. The zero-order valence-corrected chi connectivity index (χ0v) is 17.3. The number of hydrogen-bond acceptors (Lipinski definition) is 2. The third-order valence-corrected chi connectivity index (χ3v) is 5.70. The standard InChI is InChI=1S/C26H23N3O/c1-27(2)20-11-9-18(10-12-20)15-22-23-16-21(30)13-14-24(23)29-26(22)17-25(28(29)3)19-7-5-4-6-8-19/h4-17H,1-3H3. The van der Waals surface area contributed by atoms with E-state index in [-0.39, 0.29) is 5.75 Å². The minimum atomic E-state index is 0.0271. The lowest BCUT2D eigenvalue weighted by Gasteiger charge is -2.11. The van der Waals surface area contributed by atoms with Gasteiger partial charge in [0.25, 0.3) is 0 Å². The molecule has 2 heterocycles. The van der Waals surface area contributed by atoms with Crippen LogP contribution in [0.25, 0.3) is 33.8 Å². The van der Waals surface area contributed by atoms with E-state index in [1.807, 2.05) is 26.2 Å². The molecule has 30 heavy (non-hydrogen) atoms. The van der Waals surface area contributed by atoms with Gasteiger partial charge >= 0.3 is 0 Å². The quantitative estimate of drug-likeness (QED) is 0.441. The van der Waals surface area contributed by atoms with Gasteiger partial charge in [0.2, 0.25) is 5.69 Å². The fourth-order valence-corrected chi connectivity index (χ4v) is 4.16. The molecule has 5 rings (SSSR count). The maximum Gasteiger partial charge on any atom is 0.239 e. The van der Waals surface area contributed by atoms with E-state index < -0.39 is 0 Å². The summed E-state index contributed by atoms with van der Waals surface area (Å²) < 4.78 is 4.35. The Kier molecular flexibility index (Phi) is 4.21. The van der Waals surface area contributed by atoms with Crippen molar-refractivity contribution < 1.29 is 9.79 Å². The molecule has 0 aliphatic carbocycles. The molecule has 0 saturated carbocycles. The van der Waals surface area contributed by atoms with Gasteiger partial charge in [-0.05, 0) is 42.0 Å². The van der Waals surface area contributed by atoms with Gasteiger partial charge in [0.15, 0.2) is 7.05 Å². The van der Waals surface area contributed by atoms with Gasteiger partial charge in [0, 0.05) is 42.0 Å². The predicted octanol–water partition coefficient (Wildman–Crippen LogP) is 3.27. The Labute approximate surface area is 175 Å². The van der Waals surface area contributed by atoms with Gasteiger partial charge in [0.05, 0.1) is 0 Å². The highest BCUT2D eigenvalue weighted by Crippen LogP contribution is 2.23. The van der Waals surface area contributed by atoms with Crippen LogP contribution in [0.2, 0.25) is 0 Å². The number of hydrogen-bond donors (Lipinski definition) is 0. The number of nitrogens with zero attached hydrogens (tertiary/aromatic N) is 3. The van der Waals surface area contributed by atoms with Crippen molar-refractivity contribution >= 4 is 28.2 Å². The third-order valence-electron chi connectivity index (χ3n) is 5.70. The smallest absolute Gasteiger partial charge is 0.239 e. The van der Waals surface area contributed by atoms with Gasteiger partial charge in [-0.3, -0.25) is 0 Å². The number of aryl methyl sites for hydroxylation is 1. The van der Waals surface area contributed by atoms with Gasteiger partial charge in [-0.2, -0.15) is 0 Å². The fraction of sp³-hybridized carbons (Fsp3) is 0.115. The number of fused-ring (bicyclic) bond motifs is 3. The van der Waals surface area contributed by atoms with Crippen molar-refractivity contribution in [1.82, 2.24) is 4.52 Å². The predicted molar refractivity (Wildman–Crippen MR) is 121 cm³/mol. The molecule has 148 valence electrons. The fourth-order valence-electron chi connectivity index (χ4n) is 4.16. The van der Waals surface area contributed by atoms with Crippen LogP contribution in [0, 0.1) is 0 Å². The third kappa shape index (κ3) is 2.89. The first kappa shape index (κ1) is 18.3. The first-order chi connectivity index (χ1) is 14.5. The van der Waals surface area contributed by atoms with Crippen molar-refractivity contribution in [2.45, 2.75) is 0 Å². The van der Waals surface area contributed by atoms with E-state index in [4.69, 9.17) is 0 Å². The zero-order valence-electron chi connectivity index (χ0n) is 17.3. The van der Waals surface area contributed by atoms with Gasteiger partial charge in [-0.25, -0.2) is 0 Å². The van der Waals surface area contributed by atoms with Gasteiger partial charge in [-0.15, -0.1) is 14.9 Å². The lowest BCUT2D eigenvalue weighted by atomic mass is 10.1. The van der Waals surface area contributed by atoms with E-state index in [2.05, 4.69) is 81.8 Å². The lowest BCUT2D eigenvalue weighted by molar-refractivity contribution is -0.725. The van der Waals surface area contributed by atoms with E-state index in [1.54, 1.807) is 12.1 Å². The van der Waals surface area contributed by atoms with Crippen LogP contribution in [0.3, 0.4) is 0 Å². The normalized spacial score (nSPS) is 12.2.